The summed E-state index contributed by atoms with van der Waals surface area (Å²) in [6.07, 6.45) is 0. The molecular formula is C14H10BrF3IN. The summed E-state index contributed by atoms with van der Waals surface area (Å²) < 4.78 is 42.1. The molecule has 0 aliphatic rings. The second-order valence-electron chi connectivity index (χ2n) is 4.18. The molecule has 1 nitrogen and oxygen atoms in total. The molecule has 0 heterocycles. The minimum atomic E-state index is -1.19. The van der Waals surface area contributed by atoms with E-state index in [1.165, 1.54) is 0 Å². The Morgan fingerprint density at radius 1 is 1.00 bits per heavy atom. The molecule has 0 fully saturated rings. The minimum Gasteiger partial charge on any atom is -0.309 e. The first-order chi connectivity index (χ1) is 9.43. The first-order valence-corrected chi connectivity index (χ1v) is 7.58. The highest BCUT2D eigenvalue weighted by Gasteiger charge is 2.21. The van der Waals surface area contributed by atoms with Crippen molar-refractivity contribution in [2.45, 2.75) is 6.04 Å². The first-order valence-electron chi connectivity index (χ1n) is 5.70. The van der Waals surface area contributed by atoms with Crippen LogP contribution in [0.3, 0.4) is 0 Å². The molecule has 1 atom stereocenters. The van der Waals surface area contributed by atoms with Crippen molar-refractivity contribution in [1.82, 2.24) is 5.32 Å². The lowest BCUT2D eigenvalue weighted by atomic mass is 9.98. The molecule has 0 amide bonds. The number of hydrogen-bond acceptors (Lipinski definition) is 1. The average Bonchev–Trinajstić information content (AvgIpc) is 2.40. The zero-order chi connectivity index (χ0) is 14.9. The van der Waals surface area contributed by atoms with Gasteiger partial charge in [-0.15, -0.1) is 0 Å². The highest BCUT2D eigenvalue weighted by atomic mass is 127. The van der Waals surface area contributed by atoms with Gasteiger partial charge in [0.05, 0.1) is 6.04 Å². The zero-order valence-corrected chi connectivity index (χ0v) is 14.1. The van der Waals surface area contributed by atoms with Gasteiger partial charge in [-0.25, -0.2) is 13.2 Å². The van der Waals surface area contributed by atoms with E-state index in [1.807, 2.05) is 18.2 Å². The van der Waals surface area contributed by atoms with E-state index in [-0.39, 0.29) is 5.56 Å². The van der Waals surface area contributed by atoms with E-state index < -0.39 is 23.5 Å². The molecule has 6 heteroatoms. The summed E-state index contributed by atoms with van der Waals surface area (Å²) in [7, 11) is 1.64. The minimum absolute atomic E-state index is 0.0717. The van der Waals surface area contributed by atoms with Crippen molar-refractivity contribution in [1.29, 1.82) is 0 Å². The fourth-order valence-electron chi connectivity index (χ4n) is 1.97. The molecule has 20 heavy (non-hydrogen) atoms. The van der Waals surface area contributed by atoms with Gasteiger partial charge in [-0.05, 0) is 59.5 Å². The Labute approximate surface area is 136 Å². The van der Waals surface area contributed by atoms with E-state index in [2.05, 4.69) is 43.8 Å². The van der Waals surface area contributed by atoms with Crippen LogP contribution in [-0.2, 0) is 0 Å². The number of halogens is 5. The van der Waals surface area contributed by atoms with Crippen molar-refractivity contribution in [3.05, 3.63) is 67.0 Å². The van der Waals surface area contributed by atoms with E-state index in [4.69, 9.17) is 0 Å². The Morgan fingerprint density at radius 3 is 2.30 bits per heavy atom. The topological polar surface area (TPSA) is 12.0 Å². The van der Waals surface area contributed by atoms with Crippen LogP contribution in [-0.4, -0.2) is 7.05 Å². The molecule has 0 aliphatic carbocycles. The van der Waals surface area contributed by atoms with E-state index in [1.54, 1.807) is 7.05 Å². The molecule has 0 radical (unpaired) electrons. The molecule has 1 N–H and O–H groups in total. The van der Waals surface area contributed by atoms with Crippen LogP contribution in [0.25, 0.3) is 0 Å². The van der Waals surface area contributed by atoms with Gasteiger partial charge in [0.1, 0.15) is 5.82 Å². The SMILES string of the molecule is CNC(c1cc(F)c(F)cc1F)c1cc(Br)ccc1I. The van der Waals surface area contributed by atoms with Gasteiger partial charge in [0.2, 0.25) is 0 Å². The summed E-state index contributed by atoms with van der Waals surface area (Å²) in [6.45, 7) is 0. The molecule has 2 aromatic carbocycles. The van der Waals surface area contributed by atoms with Crippen LogP contribution in [0.5, 0.6) is 0 Å². The van der Waals surface area contributed by atoms with E-state index in [0.29, 0.717) is 6.07 Å². The van der Waals surface area contributed by atoms with E-state index in [0.717, 1.165) is 19.7 Å². The van der Waals surface area contributed by atoms with Crippen LogP contribution in [0.4, 0.5) is 13.2 Å². The smallest absolute Gasteiger partial charge is 0.161 e. The van der Waals surface area contributed by atoms with Crippen molar-refractivity contribution >= 4 is 38.5 Å². The third-order valence-electron chi connectivity index (χ3n) is 2.91. The van der Waals surface area contributed by atoms with Crippen molar-refractivity contribution in [3.8, 4) is 0 Å². The van der Waals surface area contributed by atoms with Crippen molar-refractivity contribution < 1.29 is 13.2 Å². The van der Waals surface area contributed by atoms with Gasteiger partial charge in [0, 0.05) is 19.7 Å². The maximum absolute atomic E-state index is 13.9. The largest absolute Gasteiger partial charge is 0.309 e. The molecule has 106 valence electrons. The molecule has 0 aromatic heterocycles. The Kier molecular flexibility index (Phi) is 5.09. The quantitative estimate of drug-likeness (QED) is 0.518. The normalized spacial score (nSPS) is 12.5. The maximum atomic E-state index is 13.9. The zero-order valence-electron chi connectivity index (χ0n) is 10.4. The van der Waals surface area contributed by atoms with Gasteiger partial charge in [-0.1, -0.05) is 15.9 Å². The fourth-order valence-corrected chi connectivity index (χ4v) is 3.00. The molecule has 0 saturated carbocycles. The average molecular weight is 456 g/mol. The number of nitrogens with one attached hydrogen (secondary N) is 1. The predicted octanol–water partition coefficient (Wildman–Crippen LogP) is 4.78. The Hall–Kier alpha value is -0.600. The Balaban J connectivity index is 2.58. The van der Waals surface area contributed by atoms with Gasteiger partial charge >= 0.3 is 0 Å². The van der Waals surface area contributed by atoms with Gasteiger partial charge in [0.15, 0.2) is 11.6 Å². The van der Waals surface area contributed by atoms with Crippen LogP contribution < -0.4 is 5.32 Å². The Morgan fingerprint density at radius 2 is 1.65 bits per heavy atom. The van der Waals surface area contributed by atoms with Gasteiger partial charge in [0.25, 0.3) is 0 Å². The monoisotopic (exact) mass is 455 g/mol. The lowest BCUT2D eigenvalue weighted by molar-refractivity contribution is 0.483. The fraction of sp³-hybridized carbons (Fsp3) is 0.143. The van der Waals surface area contributed by atoms with Crippen LogP contribution in [0.15, 0.2) is 34.8 Å². The second-order valence-corrected chi connectivity index (χ2v) is 6.25. The summed E-state index contributed by atoms with van der Waals surface area (Å²) >= 11 is 5.47. The maximum Gasteiger partial charge on any atom is 0.161 e. The van der Waals surface area contributed by atoms with Crippen LogP contribution >= 0.6 is 38.5 Å². The lowest BCUT2D eigenvalue weighted by Crippen LogP contribution is -2.20. The molecule has 2 aromatic rings. The number of benzene rings is 2. The van der Waals surface area contributed by atoms with Gasteiger partial charge in [-0.2, -0.15) is 0 Å². The summed E-state index contributed by atoms with van der Waals surface area (Å²) in [6, 6.07) is 6.45. The van der Waals surface area contributed by atoms with Gasteiger partial charge < -0.3 is 5.32 Å². The standard InChI is InChI=1S/C14H10BrF3IN/c1-20-14(9-4-7(15)2-3-13(9)19)8-5-11(17)12(18)6-10(8)16/h2-6,14,20H,1H3. The summed E-state index contributed by atoms with van der Waals surface area (Å²) in [5, 5.41) is 2.94. The molecule has 1 unspecified atom stereocenters. The third kappa shape index (κ3) is 3.17. The molecule has 2 rings (SSSR count). The van der Waals surface area contributed by atoms with E-state index >= 15 is 0 Å². The molecule has 0 spiro atoms. The van der Waals surface area contributed by atoms with E-state index in [9.17, 15) is 13.2 Å². The Bertz CT molecular complexity index is 649. The molecule has 0 bridgehead atoms. The van der Waals surface area contributed by atoms with Crippen LogP contribution in [0, 0.1) is 21.0 Å². The second kappa shape index (κ2) is 6.44. The third-order valence-corrected chi connectivity index (χ3v) is 4.38. The van der Waals surface area contributed by atoms with Gasteiger partial charge in [-0.3, -0.25) is 0 Å². The molecular weight excluding hydrogens is 446 g/mol. The molecule has 0 saturated heterocycles. The number of rotatable bonds is 3. The van der Waals surface area contributed by atoms with Crippen LogP contribution in [0.2, 0.25) is 0 Å². The molecule has 0 aliphatic heterocycles. The first kappa shape index (κ1) is 15.8. The van der Waals surface area contributed by atoms with Crippen molar-refractivity contribution in [2.24, 2.45) is 0 Å². The van der Waals surface area contributed by atoms with Crippen molar-refractivity contribution in [2.75, 3.05) is 7.05 Å². The summed E-state index contributed by atoms with van der Waals surface area (Å²) in [5.41, 5.74) is 0.856. The lowest BCUT2D eigenvalue weighted by Gasteiger charge is -2.20. The highest BCUT2D eigenvalue weighted by molar-refractivity contribution is 14.1. The predicted molar refractivity (Wildman–Crippen MR) is 84.1 cm³/mol. The van der Waals surface area contributed by atoms with Crippen LogP contribution in [0.1, 0.15) is 17.2 Å². The summed E-state index contributed by atoms with van der Waals surface area (Å²) in [4.78, 5) is 0. The number of hydrogen-bond donors (Lipinski definition) is 1. The van der Waals surface area contributed by atoms with Crippen molar-refractivity contribution in [3.63, 3.8) is 0 Å². The summed E-state index contributed by atoms with van der Waals surface area (Å²) in [5.74, 6) is -3.03. The highest BCUT2D eigenvalue weighted by Crippen LogP contribution is 2.31.